The van der Waals surface area contributed by atoms with Crippen molar-refractivity contribution in [2.75, 3.05) is 13.2 Å². The van der Waals surface area contributed by atoms with Gasteiger partial charge in [-0.2, -0.15) is 0 Å². The van der Waals surface area contributed by atoms with E-state index < -0.39 is 0 Å². The first kappa shape index (κ1) is 19.9. The van der Waals surface area contributed by atoms with Crippen molar-refractivity contribution in [1.29, 1.82) is 0 Å². The Morgan fingerprint density at radius 1 is 1.24 bits per heavy atom. The predicted octanol–water partition coefficient (Wildman–Crippen LogP) is 5.66. The van der Waals surface area contributed by atoms with E-state index in [0.29, 0.717) is 36.1 Å². The van der Waals surface area contributed by atoms with Gasteiger partial charge in [0.15, 0.2) is 5.76 Å². The summed E-state index contributed by atoms with van der Waals surface area (Å²) in [4.78, 5) is 15.2. The van der Waals surface area contributed by atoms with Crippen molar-refractivity contribution < 1.29 is 18.3 Å². The van der Waals surface area contributed by atoms with Crippen LogP contribution in [0, 0.1) is 19.7 Å². The number of amides is 1. The van der Waals surface area contributed by atoms with Crippen LogP contribution in [0.2, 0.25) is 5.02 Å². The molecule has 4 nitrogen and oxygen atoms in total. The molecule has 0 saturated carbocycles. The van der Waals surface area contributed by atoms with Crippen LogP contribution in [0.25, 0.3) is 11.0 Å². The lowest BCUT2D eigenvalue weighted by molar-refractivity contribution is 0.0485. The summed E-state index contributed by atoms with van der Waals surface area (Å²) < 4.78 is 25.0. The van der Waals surface area contributed by atoms with Crippen molar-refractivity contribution >= 4 is 28.5 Å². The van der Waals surface area contributed by atoms with Crippen molar-refractivity contribution in [2.45, 2.75) is 39.3 Å². The summed E-state index contributed by atoms with van der Waals surface area (Å²) in [5.74, 6) is -0.194. The number of hydrogen-bond donors (Lipinski definition) is 0. The van der Waals surface area contributed by atoms with E-state index in [-0.39, 0.29) is 17.8 Å². The third-order valence-electron chi connectivity index (χ3n) is 5.43. The van der Waals surface area contributed by atoms with Gasteiger partial charge in [0.25, 0.3) is 5.91 Å². The van der Waals surface area contributed by atoms with Gasteiger partial charge >= 0.3 is 0 Å². The van der Waals surface area contributed by atoms with Crippen LogP contribution in [0.1, 0.15) is 40.1 Å². The summed E-state index contributed by atoms with van der Waals surface area (Å²) in [5.41, 5.74) is 3.16. The van der Waals surface area contributed by atoms with E-state index in [1.54, 1.807) is 17.0 Å². The van der Waals surface area contributed by atoms with E-state index in [2.05, 4.69) is 0 Å². The minimum atomic E-state index is -0.300. The maximum Gasteiger partial charge on any atom is 0.290 e. The molecular weight excluding hydrogens is 393 g/mol. The van der Waals surface area contributed by atoms with Crippen molar-refractivity contribution in [3.63, 3.8) is 0 Å². The highest BCUT2D eigenvalue weighted by Crippen LogP contribution is 2.31. The molecular formula is C23H23ClFNO3. The van der Waals surface area contributed by atoms with Gasteiger partial charge in [-0.1, -0.05) is 23.7 Å². The number of benzene rings is 2. The Bertz CT molecular complexity index is 1040. The number of ether oxygens (including phenoxy) is 1. The molecule has 1 aliphatic heterocycles. The van der Waals surface area contributed by atoms with Gasteiger partial charge < -0.3 is 14.1 Å². The Labute approximate surface area is 174 Å². The number of furan rings is 1. The summed E-state index contributed by atoms with van der Waals surface area (Å²) in [6.45, 7) is 5.30. The summed E-state index contributed by atoms with van der Waals surface area (Å²) in [6, 6.07) is 9.89. The lowest BCUT2D eigenvalue weighted by Crippen LogP contribution is -2.37. The van der Waals surface area contributed by atoms with E-state index in [1.165, 1.54) is 12.1 Å². The molecule has 2 heterocycles. The van der Waals surface area contributed by atoms with Gasteiger partial charge in [-0.15, -0.1) is 0 Å². The molecule has 2 aromatic carbocycles. The first-order valence-corrected chi connectivity index (χ1v) is 10.1. The third-order valence-corrected chi connectivity index (χ3v) is 5.84. The van der Waals surface area contributed by atoms with Crippen molar-refractivity contribution in [3.05, 3.63) is 69.7 Å². The molecule has 1 aromatic heterocycles. The van der Waals surface area contributed by atoms with Crippen molar-refractivity contribution in [3.8, 4) is 0 Å². The number of carbonyl (C=O) groups is 1. The number of halogens is 2. The molecule has 1 fully saturated rings. The lowest BCUT2D eigenvalue weighted by Gasteiger charge is -2.25. The van der Waals surface area contributed by atoms with Gasteiger partial charge in [-0.25, -0.2) is 4.39 Å². The minimum Gasteiger partial charge on any atom is -0.451 e. The Morgan fingerprint density at radius 2 is 2.00 bits per heavy atom. The second-order valence-electron chi connectivity index (χ2n) is 7.60. The van der Waals surface area contributed by atoms with Crippen LogP contribution in [-0.4, -0.2) is 30.1 Å². The van der Waals surface area contributed by atoms with Crippen LogP contribution in [0.3, 0.4) is 0 Å². The Hall–Kier alpha value is -2.37. The molecule has 1 unspecified atom stereocenters. The zero-order chi connectivity index (χ0) is 20.5. The number of hydrogen-bond acceptors (Lipinski definition) is 3. The largest absolute Gasteiger partial charge is 0.451 e. The molecule has 152 valence electrons. The lowest BCUT2D eigenvalue weighted by atomic mass is 10.1. The Balaban J connectivity index is 1.67. The zero-order valence-corrected chi connectivity index (χ0v) is 17.3. The minimum absolute atomic E-state index is 0.000715. The standard InChI is InChI=1S/C23H23ClFNO3/c1-14-10-21-19(11-20(14)24)15(2)22(29-21)23(27)26(13-18-4-3-9-28-18)12-16-5-7-17(25)8-6-16/h5-8,10-11,18H,3-4,9,12-13H2,1-2H3. The number of carbonyl (C=O) groups excluding carboxylic acids is 1. The first-order valence-electron chi connectivity index (χ1n) is 9.77. The number of nitrogens with zero attached hydrogens (tertiary/aromatic N) is 1. The number of fused-ring (bicyclic) bond motifs is 1. The molecule has 29 heavy (non-hydrogen) atoms. The fourth-order valence-electron chi connectivity index (χ4n) is 3.75. The molecule has 1 aliphatic rings. The molecule has 3 aromatic rings. The summed E-state index contributed by atoms with van der Waals surface area (Å²) >= 11 is 6.26. The van der Waals surface area contributed by atoms with Gasteiger partial charge in [0.1, 0.15) is 11.4 Å². The maximum atomic E-state index is 13.4. The molecule has 1 amide bonds. The Kier molecular flexibility index (Phi) is 5.61. The van der Waals surface area contributed by atoms with Crippen molar-refractivity contribution in [1.82, 2.24) is 4.90 Å². The second-order valence-corrected chi connectivity index (χ2v) is 8.01. The molecule has 0 aliphatic carbocycles. The predicted molar refractivity (Wildman–Crippen MR) is 111 cm³/mol. The van der Waals surface area contributed by atoms with Gasteiger partial charge in [0, 0.05) is 35.7 Å². The normalized spacial score (nSPS) is 16.5. The van der Waals surface area contributed by atoms with Gasteiger partial charge in [-0.05, 0) is 62.1 Å². The fraction of sp³-hybridized carbons (Fsp3) is 0.348. The monoisotopic (exact) mass is 415 g/mol. The summed E-state index contributed by atoms with van der Waals surface area (Å²) in [7, 11) is 0. The average molecular weight is 416 g/mol. The average Bonchev–Trinajstić information content (AvgIpc) is 3.32. The fourth-order valence-corrected chi connectivity index (χ4v) is 3.92. The van der Waals surface area contributed by atoms with Crippen LogP contribution in [0.4, 0.5) is 4.39 Å². The van der Waals surface area contributed by atoms with Crippen LogP contribution in [-0.2, 0) is 11.3 Å². The molecule has 0 bridgehead atoms. The van der Waals surface area contributed by atoms with Crippen LogP contribution in [0.5, 0.6) is 0 Å². The zero-order valence-electron chi connectivity index (χ0n) is 16.5. The van der Waals surface area contributed by atoms with Crippen LogP contribution >= 0.6 is 11.6 Å². The summed E-state index contributed by atoms with van der Waals surface area (Å²) in [5, 5.41) is 1.48. The maximum absolute atomic E-state index is 13.4. The van der Waals surface area contributed by atoms with Gasteiger partial charge in [0.2, 0.25) is 0 Å². The quantitative estimate of drug-likeness (QED) is 0.539. The molecule has 1 atom stereocenters. The molecule has 0 spiro atoms. The summed E-state index contributed by atoms with van der Waals surface area (Å²) in [6.07, 6.45) is 1.91. The highest BCUT2D eigenvalue weighted by atomic mass is 35.5. The highest BCUT2D eigenvalue weighted by molar-refractivity contribution is 6.32. The van der Waals surface area contributed by atoms with Crippen LogP contribution in [0.15, 0.2) is 40.8 Å². The van der Waals surface area contributed by atoms with E-state index in [4.69, 9.17) is 20.8 Å². The van der Waals surface area contributed by atoms with E-state index in [0.717, 1.165) is 34.9 Å². The molecule has 0 radical (unpaired) electrons. The van der Waals surface area contributed by atoms with E-state index >= 15 is 0 Å². The molecule has 0 N–H and O–H groups in total. The third kappa shape index (κ3) is 4.16. The number of aryl methyl sites for hydroxylation is 2. The molecule has 1 saturated heterocycles. The SMILES string of the molecule is Cc1cc2oc(C(=O)N(Cc3ccc(F)cc3)CC3CCCO3)c(C)c2cc1Cl. The topological polar surface area (TPSA) is 42.7 Å². The van der Waals surface area contributed by atoms with Crippen LogP contribution < -0.4 is 0 Å². The molecule has 6 heteroatoms. The first-order chi connectivity index (χ1) is 13.9. The smallest absolute Gasteiger partial charge is 0.290 e. The molecule has 4 rings (SSSR count). The Morgan fingerprint density at radius 3 is 2.69 bits per heavy atom. The van der Waals surface area contributed by atoms with Gasteiger partial charge in [-0.3, -0.25) is 4.79 Å². The second kappa shape index (κ2) is 8.17. The number of rotatable bonds is 5. The van der Waals surface area contributed by atoms with E-state index in [1.807, 2.05) is 26.0 Å². The van der Waals surface area contributed by atoms with Crippen molar-refractivity contribution in [2.24, 2.45) is 0 Å². The highest BCUT2D eigenvalue weighted by Gasteiger charge is 2.27. The van der Waals surface area contributed by atoms with Gasteiger partial charge in [0.05, 0.1) is 6.10 Å². The van der Waals surface area contributed by atoms with E-state index in [9.17, 15) is 9.18 Å².